The van der Waals surface area contributed by atoms with E-state index in [1.807, 2.05) is 12.1 Å². The third-order valence-corrected chi connectivity index (χ3v) is 7.11. The second-order valence-corrected chi connectivity index (χ2v) is 8.92. The molecule has 1 heterocycles. The van der Waals surface area contributed by atoms with Crippen molar-refractivity contribution in [2.75, 3.05) is 5.32 Å². The largest absolute Gasteiger partial charge is 0.344 e. The standard InChI is InChI=1S/C21H26N2O2/c24-19-6-5-18(23-19)20(25)22-17-3-1-16(2-4-17)21-10-13-7-14(11-21)9-15(8-13)12-21/h1-4,13-15,18H,5-12H2,(H,22,25)(H,23,24). The minimum atomic E-state index is -0.379. The molecule has 2 N–H and O–H groups in total. The maximum absolute atomic E-state index is 12.2. The van der Waals surface area contributed by atoms with E-state index in [1.54, 1.807) is 0 Å². The number of carbonyl (C=O) groups is 2. The SMILES string of the molecule is O=C1CCC(C(=O)Nc2ccc(C34CC5CC(CC(C5)C3)C4)cc2)N1. The highest BCUT2D eigenvalue weighted by Crippen LogP contribution is 2.60. The zero-order valence-electron chi connectivity index (χ0n) is 14.6. The highest BCUT2D eigenvalue weighted by atomic mass is 16.2. The lowest BCUT2D eigenvalue weighted by Crippen LogP contribution is -2.48. The average Bonchev–Trinajstić information content (AvgIpc) is 3.01. The maximum Gasteiger partial charge on any atom is 0.246 e. The molecule has 132 valence electrons. The van der Waals surface area contributed by atoms with Gasteiger partial charge in [0, 0.05) is 12.1 Å². The number of carbonyl (C=O) groups excluding carboxylic acids is 2. The minimum absolute atomic E-state index is 0.0303. The van der Waals surface area contributed by atoms with E-state index in [0.29, 0.717) is 18.3 Å². The Morgan fingerprint density at radius 2 is 1.60 bits per heavy atom. The molecule has 4 aliphatic carbocycles. The Balaban J connectivity index is 1.31. The predicted molar refractivity (Wildman–Crippen MR) is 96.1 cm³/mol. The summed E-state index contributed by atoms with van der Waals surface area (Å²) in [5.74, 6) is 2.69. The summed E-state index contributed by atoms with van der Waals surface area (Å²) < 4.78 is 0. The fourth-order valence-corrected chi connectivity index (χ4v) is 6.41. The Kier molecular flexibility index (Phi) is 3.44. The van der Waals surface area contributed by atoms with Crippen LogP contribution in [0.15, 0.2) is 24.3 Å². The van der Waals surface area contributed by atoms with Crippen LogP contribution in [0.4, 0.5) is 5.69 Å². The highest BCUT2D eigenvalue weighted by molar-refractivity contribution is 5.98. The van der Waals surface area contributed by atoms with Crippen LogP contribution >= 0.6 is 0 Å². The quantitative estimate of drug-likeness (QED) is 0.888. The van der Waals surface area contributed by atoms with E-state index in [4.69, 9.17) is 0 Å². The Bertz CT molecular complexity index is 674. The van der Waals surface area contributed by atoms with Gasteiger partial charge in [-0.25, -0.2) is 0 Å². The van der Waals surface area contributed by atoms with Gasteiger partial charge in [-0.05, 0) is 85.8 Å². The second-order valence-electron chi connectivity index (χ2n) is 8.92. The van der Waals surface area contributed by atoms with E-state index in [0.717, 1.165) is 23.4 Å². The van der Waals surface area contributed by atoms with Crippen LogP contribution in [0.5, 0.6) is 0 Å². The van der Waals surface area contributed by atoms with Crippen molar-refractivity contribution in [2.24, 2.45) is 17.8 Å². The summed E-state index contributed by atoms with van der Waals surface area (Å²) in [6, 6.07) is 8.17. The predicted octanol–water partition coefficient (Wildman–Crippen LogP) is 3.37. The first-order valence-electron chi connectivity index (χ1n) is 9.80. The van der Waals surface area contributed by atoms with E-state index in [1.165, 1.54) is 44.1 Å². The van der Waals surface area contributed by atoms with Gasteiger partial charge in [0.05, 0.1) is 0 Å². The molecule has 4 nitrogen and oxygen atoms in total. The fourth-order valence-electron chi connectivity index (χ4n) is 6.41. The van der Waals surface area contributed by atoms with Crippen molar-refractivity contribution >= 4 is 17.5 Å². The van der Waals surface area contributed by atoms with Gasteiger partial charge in [-0.15, -0.1) is 0 Å². The van der Waals surface area contributed by atoms with E-state index >= 15 is 0 Å². The molecule has 0 aromatic heterocycles. The Hall–Kier alpha value is -1.84. The van der Waals surface area contributed by atoms with Gasteiger partial charge >= 0.3 is 0 Å². The number of anilines is 1. The van der Waals surface area contributed by atoms with Crippen molar-refractivity contribution in [3.05, 3.63) is 29.8 Å². The van der Waals surface area contributed by atoms with Gasteiger partial charge in [0.25, 0.3) is 0 Å². The van der Waals surface area contributed by atoms with Gasteiger partial charge in [-0.2, -0.15) is 0 Å². The van der Waals surface area contributed by atoms with Crippen LogP contribution in [0.3, 0.4) is 0 Å². The number of hydrogen-bond donors (Lipinski definition) is 2. The summed E-state index contributed by atoms with van der Waals surface area (Å²) in [4.78, 5) is 23.5. The molecule has 1 aromatic rings. The molecule has 1 aliphatic heterocycles. The molecule has 4 saturated carbocycles. The molecule has 0 spiro atoms. The lowest BCUT2D eigenvalue weighted by Gasteiger charge is -2.57. The van der Waals surface area contributed by atoms with Crippen molar-refractivity contribution < 1.29 is 9.59 Å². The molecule has 5 fully saturated rings. The van der Waals surface area contributed by atoms with Crippen LogP contribution in [-0.2, 0) is 15.0 Å². The number of rotatable bonds is 3. The molecule has 4 heteroatoms. The molecule has 1 unspecified atom stereocenters. The number of amides is 2. The Morgan fingerprint density at radius 1 is 1.00 bits per heavy atom. The molecule has 4 bridgehead atoms. The molecule has 1 aromatic carbocycles. The van der Waals surface area contributed by atoms with Crippen molar-refractivity contribution in [1.82, 2.24) is 5.32 Å². The van der Waals surface area contributed by atoms with Crippen LogP contribution in [0, 0.1) is 17.8 Å². The van der Waals surface area contributed by atoms with Gasteiger partial charge in [0.15, 0.2) is 0 Å². The summed E-state index contributed by atoms with van der Waals surface area (Å²) in [6.45, 7) is 0. The van der Waals surface area contributed by atoms with Crippen molar-refractivity contribution in [3.63, 3.8) is 0 Å². The zero-order chi connectivity index (χ0) is 17.0. The molecule has 2 amide bonds. The first-order valence-corrected chi connectivity index (χ1v) is 9.80. The van der Waals surface area contributed by atoms with Crippen molar-refractivity contribution in [2.45, 2.75) is 62.8 Å². The van der Waals surface area contributed by atoms with Crippen molar-refractivity contribution in [1.29, 1.82) is 0 Å². The maximum atomic E-state index is 12.2. The molecule has 6 rings (SSSR count). The molecule has 1 saturated heterocycles. The van der Waals surface area contributed by atoms with Gasteiger partial charge in [0.1, 0.15) is 6.04 Å². The lowest BCUT2D eigenvalue weighted by molar-refractivity contribution is -0.122. The molecule has 0 radical (unpaired) electrons. The normalized spacial score (nSPS) is 38.6. The summed E-state index contributed by atoms with van der Waals surface area (Å²) >= 11 is 0. The Labute approximate surface area is 148 Å². The Morgan fingerprint density at radius 3 is 2.12 bits per heavy atom. The van der Waals surface area contributed by atoms with E-state index < -0.39 is 0 Å². The topological polar surface area (TPSA) is 58.2 Å². The van der Waals surface area contributed by atoms with Gasteiger partial charge in [-0.3, -0.25) is 9.59 Å². The summed E-state index contributed by atoms with van der Waals surface area (Å²) in [5.41, 5.74) is 2.70. The number of nitrogens with one attached hydrogen (secondary N) is 2. The first kappa shape index (κ1) is 15.4. The monoisotopic (exact) mass is 338 g/mol. The molecular weight excluding hydrogens is 312 g/mol. The van der Waals surface area contributed by atoms with Crippen LogP contribution in [0.25, 0.3) is 0 Å². The number of benzene rings is 1. The lowest BCUT2D eigenvalue weighted by atomic mass is 9.48. The van der Waals surface area contributed by atoms with E-state index in [9.17, 15) is 9.59 Å². The van der Waals surface area contributed by atoms with Gasteiger partial charge in [0.2, 0.25) is 11.8 Å². The van der Waals surface area contributed by atoms with Gasteiger partial charge < -0.3 is 10.6 Å². The summed E-state index contributed by atoms with van der Waals surface area (Å²) in [5, 5.41) is 5.68. The minimum Gasteiger partial charge on any atom is -0.344 e. The van der Waals surface area contributed by atoms with Crippen molar-refractivity contribution in [3.8, 4) is 0 Å². The fraction of sp³-hybridized carbons (Fsp3) is 0.619. The molecule has 1 atom stereocenters. The van der Waals surface area contributed by atoms with Gasteiger partial charge in [-0.1, -0.05) is 12.1 Å². The third-order valence-electron chi connectivity index (χ3n) is 7.11. The highest BCUT2D eigenvalue weighted by Gasteiger charge is 2.51. The summed E-state index contributed by atoms with van der Waals surface area (Å²) in [6.07, 6.45) is 9.50. The van der Waals surface area contributed by atoms with Crippen LogP contribution in [0.1, 0.15) is 56.9 Å². The molecular formula is C21H26N2O2. The third kappa shape index (κ3) is 2.66. The average molecular weight is 338 g/mol. The molecule has 5 aliphatic rings. The van der Waals surface area contributed by atoms with Crippen LogP contribution < -0.4 is 10.6 Å². The number of hydrogen-bond acceptors (Lipinski definition) is 2. The van der Waals surface area contributed by atoms with Crippen LogP contribution in [-0.4, -0.2) is 17.9 Å². The molecule has 25 heavy (non-hydrogen) atoms. The summed E-state index contributed by atoms with van der Waals surface area (Å²) in [7, 11) is 0. The smallest absolute Gasteiger partial charge is 0.246 e. The zero-order valence-corrected chi connectivity index (χ0v) is 14.6. The van der Waals surface area contributed by atoms with E-state index in [-0.39, 0.29) is 17.9 Å². The van der Waals surface area contributed by atoms with E-state index in [2.05, 4.69) is 22.8 Å². The van der Waals surface area contributed by atoms with Crippen LogP contribution in [0.2, 0.25) is 0 Å². The first-order chi connectivity index (χ1) is 12.1. The second kappa shape index (κ2) is 5.58.